The molecule has 2 aromatic carbocycles. The van der Waals surface area contributed by atoms with E-state index < -0.39 is 16.0 Å². The Balaban J connectivity index is 1.39. The molecule has 3 aromatic rings. The van der Waals surface area contributed by atoms with Crippen LogP contribution in [0.2, 0.25) is 0 Å². The second-order valence-electron chi connectivity index (χ2n) is 7.44. The fraction of sp³-hybridized carbons (Fsp3) is 0.273. The lowest BCUT2D eigenvalue weighted by Crippen LogP contribution is -2.41. The number of aromatic nitrogens is 2. The molecule has 4 rings (SSSR count). The number of hydrogen-bond acceptors (Lipinski definition) is 8. The zero-order chi connectivity index (χ0) is 23.4. The van der Waals surface area contributed by atoms with Gasteiger partial charge in [0.1, 0.15) is 0 Å². The lowest BCUT2D eigenvalue weighted by molar-refractivity contribution is -0.120. The van der Waals surface area contributed by atoms with Crippen LogP contribution in [0.1, 0.15) is 23.2 Å². The number of carbonyl (C=O) groups is 2. The maximum atomic E-state index is 13.1. The minimum Gasteiger partial charge on any atom is -0.465 e. The van der Waals surface area contributed by atoms with Gasteiger partial charge in [-0.2, -0.15) is 13.7 Å². The van der Waals surface area contributed by atoms with Crippen LogP contribution >= 0.6 is 11.5 Å². The molecular formula is C22H22N4O5S2. The number of carbonyl (C=O) groups excluding carboxylic acids is 2. The first-order chi connectivity index (χ1) is 15.9. The lowest BCUT2D eigenvalue weighted by Gasteiger charge is -2.30. The van der Waals surface area contributed by atoms with Crippen molar-refractivity contribution in [3.8, 4) is 11.4 Å². The van der Waals surface area contributed by atoms with Gasteiger partial charge in [-0.1, -0.05) is 42.5 Å². The van der Waals surface area contributed by atoms with Crippen molar-refractivity contribution in [1.29, 1.82) is 0 Å². The SMILES string of the molecule is COC(=O)c1ccccc1S(=O)(=O)N1CCC(C(=O)Nc2nc(-c3ccccc3)ns2)CC1. The van der Waals surface area contributed by atoms with Gasteiger partial charge >= 0.3 is 5.97 Å². The summed E-state index contributed by atoms with van der Waals surface area (Å²) in [5.41, 5.74) is 0.852. The third-order valence-corrected chi connectivity index (χ3v) is 8.01. The number of methoxy groups -OCH3 is 1. The van der Waals surface area contributed by atoms with Crippen LogP contribution < -0.4 is 5.32 Å². The molecule has 1 aromatic heterocycles. The molecule has 172 valence electrons. The van der Waals surface area contributed by atoms with Gasteiger partial charge in [-0.3, -0.25) is 4.79 Å². The van der Waals surface area contributed by atoms with Crippen molar-refractivity contribution in [1.82, 2.24) is 13.7 Å². The Labute approximate surface area is 195 Å². The minimum absolute atomic E-state index is 0.00893. The zero-order valence-electron chi connectivity index (χ0n) is 17.8. The highest BCUT2D eigenvalue weighted by Gasteiger charge is 2.34. The topological polar surface area (TPSA) is 119 Å². The standard InChI is InChI=1S/C22H22N4O5S2/c1-31-21(28)17-9-5-6-10-18(17)33(29,30)26-13-11-16(12-14-26)20(27)24-22-23-19(25-32-22)15-7-3-2-4-8-15/h2-10,16H,11-14H2,1H3,(H,23,24,25,27). The van der Waals surface area contributed by atoms with E-state index in [1.807, 2.05) is 30.3 Å². The van der Waals surface area contributed by atoms with E-state index >= 15 is 0 Å². The fourth-order valence-electron chi connectivity index (χ4n) is 3.65. The van der Waals surface area contributed by atoms with Crippen LogP contribution in [0, 0.1) is 5.92 Å². The Hall–Kier alpha value is -3.15. The molecule has 0 saturated carbocycles. The van der Waals surface area contributed by atoms with E-state index in [1.165, 1.54) is 23.5 Å². The number of nitrogens with zero attached hydrogens (tertiary/aromatic N) is 3. The first-order valence-electron chi connectivity index (χ1n) is 10.3. The molecule has 2 heterocycles. The number of benzene rings is 2. The molecule has 0 bridgehead atoms. The number of esters is 1. The normalized spacial score (nSPS) is 15.2. The number of rotatable bonds is 6. The van der Waals surface area contributed by atoms with E-state index in [2.05, 4.69) is 14.7 Å². The van der Waals surface area contributed by atoms with Gasteiger partial charge in [-0.25, -0.2) is 13.2 Å². The van der Waals surface area contributed by atoms with Crippen molar-refractivity contribution < 1.29 is 22.7 Å². The van der Waals surface area contributed by atoms with Gasteiger partial charge in [-0.15, -0.1) is 0 Å². The molecule has 11 heteroatoms. The largest absolute Gasteiger partial charge is 0.465 e. The molecule has 33 heavy (non-hydrogen) atoms. The summed E-state index contributed by atoms with van der Waals surface area (Å²) in [6, 6.07) is 15.4. The number of piperidine rings is 1. The second kappa shape index (κ2) is 9.77. The molecule has 9 nitrogen and oxygen atoms in total. The quantitative estimate of drug-likeness (QED) is 0.532. The van der Waals surface area contributed by atoms with Crippen LogP contribution in [0.25, 0.3) is 11.4 Å². The van der Waals surface area contributed by atoms with Gasteiger partial charge in [0.2, 0.25) is 21.1 Å². The van der Waals surface area contributed by atoms with E-state index in [4.69, 9.17) is 4.74 Å². The summed E-state index contributed by atoms with van der Waals surface area (Å²) in [5, 5.41) is 3.20. The van der Waals surface area contributed by atoms with Crippen LogP contribution in [0.5, 0.6) is 0 Å². The summed E-state index contributed by atoms with van der Waals surface area (Å²) in [6.07, 6.45) is 0.714. The molecule has 0 radical (unpaired) electrons. The molecular weight excluding hydrogens is 464 g/mol. The minimum atomic E-state index is -3.90. The fourth-order valence-corrected chi connectivity index (χ4v) is 5.90. The van der Waals surface area contributed by atoms with Crippen molar-refractivity contribution in [3.63, 3.8) is 0 Å². The number of sulfonamides is 1. The summed E-state index contributed by atoms with van der Waals surface area (Å²) in [7, 11) is -2.70. The predicted octanol–water partition coefficient (Wildman–Crippen LogP) is 3.03. The Bertz CT molecular complexity index is 1250. The lowest BCUT2D eigenvalue weighted by atomic mass is 9.97. The molecule has 0 aliphatic carbocycles. The van der Waals surface area contributed by atoms with Gasteiger partial charge in [0.15, 0.2) is 5.82 Å². The Kier molecular flexibility index (Phi) is 6.82. The van der Waals surface area contributed by atoms with E-state index in [0.717, 1.165) is 17.1 Å². The predicted molar refractivity (Wildman–Crippen MR) is 123 cm³/mol. The van der Waals surface area contributed by atoms with Gasteiger partial charge in [-0.05, 0) is 25.0 Å². The summed E-state index contributed by atoms with van der Waals surface area (Å²) in [5.74, 6) is -0.731. The maximum Gasteiger partial charge on any atom is 0.339 e. The summed E-state index contributed by atoms with van der Waals surface area (Å²) >= 11 is 1.10. The zero-order valence-corrected chi connectivity index (χ0v) is 19.4. The Morgan fingerprint density at radius 2 is 1.73 bits per heavy atom. The van der Waals surface area contributed by atoms with Crippen LogP contribution in [-0.4, -0.2) is 54.2 Å². The molecule has 0 atom stereocenters. The molecule has 0 unspecified atom stereocenters. The average Bonchev–Trinajstić information content (AvgIpc) is 3.32. The monoisotopic (exact) mass is 486 g/mol. The Morgan fingerprint density at radius 1 is 1.06 bits per heavy atom. The van der Waals surface area contributed by atoms with Crippen molar-refractivity contribution in [3.05, 3.63) is 60.2 Å². The van der Waals surface area contributed by atoms with E-state index in [0.29, 0.717) is 23.8 Å². The molecule has 1 aliphatic heterocycles. The van der Waals surface area contributed by atoms with Gasteiger partial charge < -0.3 is 10.1 Å². The number of hydrogen-bond donors (Lipinski definition) is 1. The van der Waals surface area contributed by atoms with Crippen molar-refractivity contribution in [2.75, 3.05) is 25.5 Å². The molecule has 1 aliphatic rings. The van der Waals surface area contributed by atoms with Gasteiger partial charge in [0, 0.05) is 36.1 Å². The molecule has 1 saturated heterocycles. The van der Waals surface area contributed by atoms with E-state index in [-0.39, 0.29) is 35.4 Å². The average molecular weight is 487 g/mol. The van der Waals surface area contributed by atoms with Crippen LogP contribution in [0.4, 0.5) is 5.13 Å². The van der Waals surface area contributed by atoms with E-state index in [1.54, 1.807) is 12.1 Å². The maximum absolute atomic E-state index is 13.1. The van der Waals surface area contributed by atoms with Gasteiger partial charge in [0.05, 0.1) is 17.6 Å². The first-order valence-corrected chi connectivity index (χ1v) is 12.5. The van der Waals surface area contributed by atoms with Crippen molar-refractivity contribution in [2.24, 2.45) is 5.92 Å². The first kappa shape index (κ1) is 23.0. The third-order valence-electron chi connectivity index (χ3n) is 5.42. The van der Waals surface area contributed by atoms with Gasteiger partial charge in [0.25, 0.3) is 0 Å². The molecule has 1 N–H and O–H groups in total. The van der Waals surface area contributed by atoms with Crippen LogP contribution in [0.3, 0.4) is 0 Å². The highest BCUT2D eigenvalue weighted by Crippen LogP contribution is 2.28. The highest BCUT2D eigenvalue weighted by atomic mass is 32.2. The van der Waals surface area contributed by atoms with Crippen LogP contribution in [-0.2, 0) is 19.6 Å². The summed E-state index contributed by atoms with van der Waals surface area (Å²) in [6.45, 7) is 0.336. The number of ether oxygens (including phenoxy) is 1. The summed E-state index contributed by atoms with van der Waals surface area (Å²) in [4.78, 5) is 29.0. The third kappa shape index (κ3) is 4.95. The number of anilines is 1. The highest BCUT2D eigenvalue weighted by molar-refractivity contribution is 7.89. The molecule has 1 fully saturated rings. The number of nitrogens with one attached hydrogen (secondary N) is 1. The Morgan fingerprint density at radius 3 is 2.42 bits per heavy atom. The summed E-state index contributed by atoms with van der Waals surface area (Å²) < 4.78 is 36.6. The second-order valence-corrected chi connectivity index (χ2v) is 10.1. The number of amides is 1. The van der Waals surface area contributed by atoms with Crippen molar-refractivity contribution in [2.45, 2.75) is 17.7 Å². The van der Waals surface area contributed by atoms with Crippen molar-refractivity contribution >= 4 is 38.6 Å². The smallest absolute Gasteiger partial charge is 0.339 e. The molecule has 1 amide bonds. The van der Waals surface area contributed by atoms with E-state index in [9.17, 15) is 18.0 Å². The molecule has 0 spiro atoms. The van der Waals surface area contributed by atoms with Crippen LogP contribution in [0.15, 0.2) is 59.5 Å².